The molecule has 2 aromatic carbocycles. The molecule has 1 fully saturated rings. The molecule has 0 spiro atoms. The molecule has 1 saturated heterocycles. The molecule has 1 aliphatic rings. The molecule has 1 aromatic heterocycles. The largest absolute Gasteiger partial charge is 0.476 e. The molecule has 11 nitrogen and oxygen atoms in total. The molecule has 2 heterocycles. The van der Waals surface area contributed by atoms with Gasteiger partial charge in [0.05, 0.1) is 22.5 Å². The Morgan fingerprint density at radius 2 is 1.83 bits per heavy atom. The second-order valence-corrected chi connectivity index (χ2v) is 9.83. The molecule has 0 saturated carbocycles. The normalized spacial score (nSPS) is 13.0. The summed E-state index contributed by atoms with van der Waals surface area (Å²) < 4.78 is 35.3. The molecule has 1 aliphatic heterocycles. The number of halogens is 3. The fourth-order valence-electron chi connectivity index (χ4n) is 4.52. The number of nitrogens with one attached hydrogen (secondary N) is 1. The highest BCUT2D eigenvalue weighted by Crippen LogP contribution is 2.30. The van der Waals surface area contributed by atoms with E-state index >= 15 is 0 Å². The van der Waals surface area contributed by atoms with Crippen molar-refractivity contribution in [1.82, 2.24) is 19.4 Å². The number of aromatic nitrogens is 2. The maximum atomic E-state index is 14.7. The van der Waals surface area contributed by atoms with Crippen molar-refractivity contribution in [3.05, 3.63) is 64.6 Å². The first-order chi connectivity index (χ1) is 20.2. The van der Waals surface area contributed by atoms with Crippen molar-refractivity contribution >= 4 is 35.0 Å². The zero-order chi connectivity index (χ0) is 30.4. The van der Waals surface area contributed by atoms with Gasteiger partial charge in [0.2, 0.25) is 11.7 Å². The molecule has 42 heavy (non-hydrogen) atoms. The van der Waals surface area contributed by atoms with Gasteiger partial charge in [-0.25, -0.2) is 9.37 Å². The molecular formula is C28H28ClF2N7O4. The number of nitrogens with two attached hydrogens (primary N) is 1. The van der Waals surface area contributed by atoms with Gasteiger partial charge in [-0.1, -0.05) is 11.6 Å². The summed E-state index contributed by atoms with van der Waals surface area (Å²) in [5, 5.41) is 11.4. The van der Waals surface area contributed by atoms with Crippen molar-refractivity contribution in [2.24, 2.45) is 12.8 Å². The minimum Gasteiger partial charge on any atom is -0.476 e. The molecule has 14 heteroatoms. The van der Waals surface area contributed by atoms with Gasteiger partial charge in [-0.3, -0.25) is 14.4 Å². The number of anilines is 1. The Bertz CT molecular complexity index is 1550. The molecule has 0 radical (unpaired) electrons. The molecule has 3 aromatic rings. The van der Waals surface area contributed by atoms with E-state index in [1.807, 2.05) is 0 Å². The molecule has 0 unspecified atom stereocenters. The summed E-state index contributed by atoms with van der Waals surface area (Å²) in [6.07, 6.45) is 2.22. The number of nitrogens with zero attached hydrogens (tertiary/aromatic N) is 5. The SMILES string of the molecule is Cn1c(-c2ccc(OCC#N)c(F)c2F)cnc1C(=O)Nc1ccc(C(=O)N2CCN(C(=O)CCCN)CC2)c(Cl)c1. The second-order valence-electron chi connectivity index (χ2n) is 9.43. The number of piperazine rings is 1. The van der Waals surface area contributed by atoms with Gasteiger partial charge < -0.3 is 30.2 Å². The lowest BCUT2D eigenvalue weighted by atomic mass is 10.1. The average molecular weight is 600 g/mol. The number of carbonyl (C=O) groups excluding carboxylic acids is 3. The van der Waals surface area contributed by atoms with E-state index in [0.717, 1.165) is 0 Å². The van der Waals surface area contributed by atoms with Gasteiger partial charge >= 0.3 is 0 Å². The number of imidazole rings is 1. The van der Waals surface area contributed by atoms with Gasteiger partial charge in [-0.05, 0) is 43.3 Å². The van der Waals surface area contributed by atoms with Crippen LogP contribution < -0.4 is 15.8 Å². The van der Waals surface area contributed by atoms with Crippen LogP contribution in [0.5, 0.6) is 5.75 Å². The van der Waals surface area contributed by atoms with Crippen LogP contribution in [0.2, 0.25) is 5.02 Å². The maximum absolute atomic E-state index is 14.7. The lowest BCUT2D eigenvalue weighted by Gasteiger charge is -2.35. The topological polar surface area (TPSA) is 147 Å². The molecule has 220 valence electrons. The predicted molar refractivity (Wildman–Crippen MR) is 150 cm³/mol. The molecule has 3 amide bonds. The number of benzene rings is 2. The summed E-state index contributed by atoms with van der Waals surface area (Å²) in [4.78, 5) is 45.6. The number of carbonyl (C=O) groups is 3. The van der Waals surface area contributed by atoms with Crippen molar-refractivity contribution in [2.75, 3.05) is 44.6 Å². The first-order valence-corrected chi connectivity index (χ1v) is 13.4. The van der Waals surface area contributed by atoms with Gasteiger partial charge in [0.1, 0.15) is 6.07 Å². The van der Waals surface area contributed by atoms with Crippen LogP contribution in [0.25, 0.3) is 11.3 Å². The van der Waals surface area contributed by atoms with Crippen LogP contribution in [0.1, 0.15) is 33.8 Å². The van der Waals surface area contributed by atoms with Gasteiger partial charge in [0, 0.05) is 50.9 Å². The van der Waals surface area contributed by atoms with E-state index in [4.69, 9.17) is 27.3 Å². The minimum absolute atomic E-state index is 0.0160. The van der Waals surface area contributed by atoms with Gasteiger partial charge in [-0.2, -0.15) is 9.65 Å². The Kier molecular flexibility index (Phi) is 9.72. The molecule has 4 rings (SSSR count). The zero-order valence-corrected chi connectivity index (χ0v) is 23.5. The third kappa shape index (κ3) is 6.50. The monoisotopic (exact) mass is 599 g/mol. The third-order valence-electron chi connectivity index (χ3n) is 6.78. The predicted octanol–water partition coefficient (Wildman–Crippen LogP) is 3.20. The quantitative estimate of drug-likeness (QED) is 0.384. The molecule has 3 N–H and O–H groups in total. The molecule has 0 atom stereocenters. The van der Waals surface area contributed by atoms with Gasteiger partial charge in [-0.15, -0.1) is 0 Å². The summed E-state index contributed by atoms with van der Waals surface area (Å²) in [6, 6.07) is 8.57. The fraction of sp³-hybridized carbons (Fsp3) is 0.321. The average Bonchev–Trinajstić information content (AvgIpc) is 3.37. The van der Waals surface area contributed by atoms with Gasteiger partial charge in [0.25, 0.3) is 11.8 Å². The first-order valence-electron chi connectivity index (χ1n) is 13.0. The number of ether oxygens (including phenoxy) is 1. The van der Waals surface area contributed by atoms with Crippen LogP contribution in [-0.2, 0) is 11.8 Å². The maximum Gasteiger partial charge on any atom is 0.291 e. The van der Waals surface area contributed by atoms with Crippen LogP contribution in [0.15, 0.2) is 36.5 Å². The third-order valence-corrected chi connectivity index (χ3v) is 7.09. The summed E-state index contributed by atoms with van der Waals surface area (Å²) in [5.74, 6) is -3.91. The highest BCUT2D eigenvalue weighted by Gasteiger charge is 2.26. The highest BCUT2D eigenvalue weighted by molar-refractivity contribution is 6.34. The summed E-state index contributed by atoms with van der Waals surface area (Å²) in [7, 11) is 1.47. The molecule has 0 aliphatic carbocycles. The lowest BCUT2D eigenvalue weighted by molar-refractivity contribution is -0.132. The summed E-state index contributed by atoms with van der Waals surface area (Å²) in [6.45, 7) is 1.57. The van der Waals surface area contributed by atoms with E-state index in [9.17, 15) is 23.2 Å². The van der Waals surface area contributed by atoms with E-state index < -0.39 is 29.9 Å². The Labute approximate surface area is 245 Å². The van der Waals surface area contributed by atoms with Crippen LogP contribution in [0.3, 0.4) is 0 Å². The van der Waals surface area contributed by atoms with Crippen LogP contribution >= 0.6 is 11.6 Å². The van der Waals surface area contributed by atoms with Crippen LogP contribution in [0, 0.1) is 23.0 Å². The van der Waals surface area contributed by atoms with E-state index in [0.29, 0.717) is 45.6 Å². The van der Waals surface area contributed by atoms with E-state index in [2.05, 4.69) is 10.3 Å². The van der Waals surface area contributed by atoms with E-state index in [1.54, 1.807) is 15.9 Å². The zero-order valence-electron chi connectivity index (χ0n) is 22.7. The Balaban J connectivity index is 1.42. The van der Waals surface area contributed by atoms with E-state index in [1.165, 1.54) is 48.1 Å². The Morgan fingerprint density at radius 1 is 1.12 bits per heavy atom. The summed E-state index contributed by atoms with van der Waals surface area (Å²) in [5.41, 5.74) is 5.98. The number of amides is 3. The van der Waals surface area contributed by atoms with Crippen LogP contribution in [0.4, 0.5) is 14.5 Å². The highest BCUT2D eigenvalue weighted by atomic mass is 35.5. The van der Waals surface area contributed by atoms with Crippen molar-refractivity contribution < 1.29 is 27.9 Å². The lowest BCUT2D eigenvalue weighted by Crippen LogP contribution is -2.50. The number of hydrogen-bond acceptors (Lipinski definition) is 7. The van der Waals surface area contributed by atoms with Gasteiger partial charge in [0.15, 0.2) is 24.0 Å². The van der Waals surface area contributed by atoms with Crippen molar-refractivity contribution in [3.63, 3.8) is 0 Å². The summed E-state index contributed by atoms with van der Waals surface area (Å²) >= 11 is 6.40. The fourth-order valence-corrected chi connectivity index (χ4v) is 4.78. The minimum atomic E-state index is -1.27. The Morgan fingerprint density at radius 3 is 2.50 bits per heavy atom. The number of nitriles is 1. The smallest absolute Gasteiger partial charge is 0.291 e. The van der Waals surface area contributed by atoms with Crippen molar-refractivity contribution in [2.45, 2.75) is 12.8 Å². The number of rotatable bonds is 9. The van der Waals surface area contributed by atoms with Crippen LogP contribution in [-0.4, -0.2) is 76.4 Å². The number of hydrogen-bond donors (Lipinski definition) is 2. The Hall–Kier alpha value is -4.54. The first kappa shape index (κ1) is 30.4. The molecule has 0 bridgehead atoms. The molecular weight excluding hydrogens is 572 g/mol. The van der Waals surface area contributed by atoms with Crippen molar-refractivity contribution in [3.8, 4) is 23.1 Å². The standard InChI is InChI=1S/C28H28ClF2N7O4/c1-36-21(19-6-7-22(42-14-9-33)25(31)24(19)30)16-34-26(36)27(40)35-17-4-5-18(20(29)15-17)28(41)38-12-10-37(11-13-38)23(39)3-2-8-32/h4-7,15-16H,2-3,8,10-14,32H2,1H3,(H,35,40). The second kappa shape index (κ2) is 13.4. The van der Waals surface area contributed by atoms with Crippen molar-refractivity contribution in [1.29, 1.82) is 5.26 Å². The van der Waals surface area contributed by atoms with E-state index in [-0.39, 0.29) is 45.2 Å².